The van der Waals surface area contributed by atoms with Gasteiger partial charge in [-0.25, -0.2) is 0 Å². The highest BCUT2D eigenvalue weighted by Crippen LogP contribution is 2.42. The molecule has 3 aliphatic heterocycles. The van der Waals surface area contributed by atoms with E-state index in [2.05, 4.69) is 16.7 Å². The molecule has 1 unspecified atom stereocenters. The van der Waals surface area contributed by atoms with E-state index in [9.17, 15) is 0 Å². The third kappa shape index (κ3) is 1.91. The number of piperidine rings is 3. The molecule has 18 heavy (non-hydrogen) atoms. The summed E-state index contributed by atoms with van der Waals surface area (Å²) in [4.78, 5) is 5.47. The maximum Gasteiger partial charge on any atom is 0.0490 e. The first kappa shape index (κ1) is 12.9. The van der Waals surface area contributed by atoms with E-state index < -0.39 is 0 Å². The number of likely N-dealkylation sites (N-methyl/N-ethyl adjacent to an activating group) is 1. The SMILES string of the molecule is CCN(C1CCCC1)C1(CN)CN2CCC1CC2. The summed E-state index contributed by atoms with van der Waals surface area (Å²) >= 11 is 0. The van der Waals surface area contributed by atoms with Gasteiger partial charge in [-0.15, -0.1) is 0 Å². The first-order valence-electron chi connectivity index (χ1n) is 7.99. The van der Waals surface area contributed by atoms with E-state index in [1.807, 2.05) is 0 Å². The third-order valence-corrected chi connectivity index (χ3v) is 5.88. The highest BCUT2D eigenvalue weighted by atomic mass is 15.3. The molecule has 4 aliphatic rings. The first-order chi connectivity index (χ1) is 8.80. The Morgan fingerprint density at radius 3 is 2.28 bits per heavy atom. The lowest BCUT2D eigenvalue weighted by molar-refractivity contribution is -0.0823. The quantitative estimate of drug-likeness (QED) is 0.825. The second-order valence-corrected chi connectivity index (χ2v) is 6.58. The molecule has 1 saturated carbocycles. The number of fused-ring (bicyclic) bond motifs is 3. The van der Waals surface area contributed by atoms with E-state index in [0.717, 1.165) is 18.5 Å². The molecule has 2 bridgehead atoms. The van der Waals surface area contributed by atoms with Crippen LogP contribution in [0.1, 0.15) is 45.4 Å². The van der Waals surface area contributed by atoms with Crippen molar-refractivity contribution in [3.8, 4) is 0 Å². The van der Waals surface area contributed by atoms with E-state index in [0.29, 0.717) is 5.54 Å². The Bertz CT molecular complexity index is 279. The Morgan fingerprint density at radius 2 is 1.83 bits per heavy atom. The van der Waals surface area contributed by atoms with Crippen molar-refractivity contribution in [2.45, 2.75) is 57.0 Å². The zero-order valence-corrected chi connectivity index (χ0v) is 11.9. The van der Waals surface area contributed by atoms with Gasteiger partial charge in [0.2, 0.25) is 0 Å². The lowest BCUT2D eigenvalue weighted by Gasteiger charge is -2.59. The van der Waals surface area contributed by atoms with Gasteiger partial charge in [0, 0.05) is 24.7 Å². The van der Waals surface area contributed by atoms with Crippen LogP contribution in [0.2, 0.25) is 0 Å². The summed E-state index contributed by atoms with van der Waals surface area (Å²) in [5, 5.41) is 0. The van der Waals surface area contributed by atoms with Crippen LogP contribution in [0, 0.1) is 5.92 Å². The predicted octanol–water partition coefficient (Wildman–Crippen LogP) is 1.67. The van der Waals surface area contributed by atoms with Crippen LogP contribution in [0.25, 0.3) is 0 Å². The molecule has 0 radical (unpaired) electrons. The van der Waals surface area contributed by atoms with Crippen LogP contribution in [0.15, 0.2) is 0 Å². The van der Waals surface area contributed by atoms with Crippen molar-refractivity contribution in [1.82, 2.24) is 9.80 Å². The minimum atomic E-state index is 0.306. The molecule has 2 N–H and O–H groups in total. The first-order valence-corrected chi connectivity index (χ1v) is 7.99. The summed E-state index contributed by atoms with van der Waals surface area (Å²) in [6.07, 6.45) is 8.41. The number of hydrogen-bond donors (Lipinski definition) is 1. The number of rotatable bonds is 4. The van der Waals surface area contributed by atoms with Gasteiger partial charge in [0.25, 0.3) is 0 Å². The maximum absolute atomic E-state index is 6.30. The highest BCUT2D eigenvalue weighted by Gasteiger charge is 2.50. The molecule has 3 heteroatoms. The van der Waals surface area contributed by atoms with Gasteiger partial charge < -0.3 is 10.6 Å². The fourth-order valence-corrected chi connectivity index (χ4v) is 4.97. The van der Waals surface area contributed by atoms with Gasteiger partial charge in [0.1, 0.15) is 0 Å². The fraction of sp³-hybridized carbons (Fsp3) is 1.00. The Balaban J connectivity index is 1.84. The summed E-state index contributed by atoms with van der Waals surface area (Å²) in [5.74, 6) is 0.855. The lowest BCUT2D eigenvalue weighted by atomic mass is 9.71. The molecule has 3 nitrogen and oxygen atoms in total. The molecule has 3 saturated heterocycles. The van der Waals surface area contributed by atoms with Crippen LogP contribution in [0.5, 0.6) is 0 Å². The number of nitrogens with two attached hydrogens (primary N) is 1. The standard InChI is InChI=1S/C15H29N3/c1-2-18(14-5-3-4-6-14)15(11-16)12-17-9-7-13(15)8-10-17/h13-14H,2-12,16H2,1H3. The number of hydrogen-bond acceptors (Lipinski definition) is 3. The van der Waals surface area contributed by atoms with Gasteiger partial charge >= 0.3 is 0 Å². The molecule has 1 atom stereocenters. The van der Waals surface area contributed by atoms with Crippen LogP contribution in [0.4, 0.5) is 0 Å². The van der Waals surface area contributed by atoms with Crippen LogP contribution in [0.3, 0.4) is 0 Å². The zero-order valence-electron chi connectivity index (χ0n) is 11.9. The van der Waals surface area contributed by atoms with Crippen LogP contribution in [-0.2, 0) is 0 Å². The fourth-order valence-electron chi connectivity index (χ4n) is 4.97. The van der Waals surface area contributed by atoms with E-state index in [1.54, 1.807) is 0 Å². The van der Waals surface area contributed by atoms with Crippen molar-refractivity contribution in [2.75, 3.05) is 32.7 Å². The van der Waals surface area contributed by atoms with Crippen molar-refractivity contribution in [3.63, 3.8) is 0 Å². The van der Waals surface area contributed by atoms with Gasteiger partial charge in [-0.3, -0.25) is 4.90 Å². The van der Waals surface area contributed by atoms with Crippen LogP contribution < -0.4 is 5.73 Å². The van der Waals surface area contributed by atoms with Gasteiger partial charge in [-0.05, 0) is 51.2 Å². The summed E-state index contributed by atoms with van der Waals surface area (Å²) < 4.78 is 0. The molecular formula is C15H29N3. The van der Waals surface area contributed by atoms with Crippen molar-refractivity contribution in [3.05, 3.63) is 0 Å². The average molecular weight is 251 g/mol. The van der Waals surface area contributed by atoms with E-state index in [4.69, 9.17) is 5.73 Å². The Kier molecular flexibility index (Phi) is 3.65. The summed E-state index contributed by atoms with van der Waals surface area (Å²) in [5.41, 5.74) is 6.61. The molecule has 0 amide bonds. The van der Waals surface area contributed by atoms with Gasteiger partial charge in [0.15, 0.2) is 0 Å². The summed E-state index contributed by atoms with van der Waals surface area (Å²) in [6, 6.07) is 0.819. The second kappa shape index (κ2) is 5.10. The van der Waals surface area contributed by atoms with Gasteiger partial charge in [-0.2, -0.15) is 0 Å². The monoisotopic (exact) mass is 251 g/mol. The molecule has 0 aromatic rings. The normalized spacial score (nSPS) is 40.8. The van der Waals surface area contributed by atoms with Crippen LogP contribution >= 0.6 is 0 Å². The molecule has 0 aromatic carbocycles. The summed E-state index contributed by atoms with van der Waals surface area (Å²) in [6.45, 7) is 8.25. The molecule has 1 aliphatic carbocycles. The molecule has 0 aromatic heterocycles. The Labute approximate surface area is 112 Å². The molecule has 4 fully saturated rings. The van der Waals surface area contributed by atoms with Crippen LogP contribution in [-0.4, -0.2) is 54.1 Å². The Hall–Kier alpha value is -0.120. The van der Waals surface area contributed by atoms with Crippen molar-refractivity contribution in [1.29, 1.82) is 0 Å². The maximum atomic E-state index is 6.30. The third-order valence-electron chi connectivity index (χ3n) is 5.88. The smallest absolute Gasteiger partial charge is 0.0490 e. The van der Waals surface area contributed by atoms with Crippen molar-refractivity contribution >= 4 is 0 Å². The second-order valence-electron chi connectivity index (χ2n) is 6.58. The highest BCUT2D eigenvalue weighted by molar-refractivity contribution is 5.07. The minimum absolute atomic E-state index is 0.306. The molecular weight excluding hydrogens is 222 g/mol. The van der Waals surface area contributed by atoms with E-state index in [1.165, 1.54) is 64.7 Å². The topological polar surface area (TPSA) is 32.5 Å². The predicted molar refractivity (Wildman–Crippen MR) is 75.6 cm³/mol. The number of nitrogens with zero attached hydrogens (tertiary/aromatic N) is 2. The molecule has 4 rings (SSSR count). The average Bonchev–Trinajstić information content (AvgIpc) is 2.94. The Morgan fingerprint density at radius 1 is 1.17 bits per heavy atom. The lowest BCUT2D eigenvalue weighted by Crippen LogP contribution is -2.71. The molecule has 104 valence electrons. The van der Waals surface area contributed by atoms with Gasteiger partial charge in [-0.1, -0.05) is 19.8 Å². The minimum Gasteiger partial charge on any atom is -0.329 e. The summed E-state index contributed by atoms with van der Waals surface area (Å²) in [7, 11) is 0. The van der Waals surface area contributed by atoms with Crippen molar-refractivity contribution < 1.29 is 0 Å². The van der Waals surface area contributed by atoms with Crippen molar-refractivity contribution in [2.24, 2.45) is 11.7 Å². The zero-order chi connectivity index (χ0) is 12.6. The van der Waals surface area contributed by atoms with Gasteiger partial charge in [0.05, 0.1) is 0 Å². The van der Waals surface area contributed by atoms with E-state index >= 15 is 0 Å². The van der Waals surface area contributed by atoms with E-state index in [-0.39, 0.29) is 0 Å². The molecule has 0 spiro atoms. The molecule has 3 heterocycles. The largest absolute Gasteiger partial charge is 0.329 e.